The molecule has 0 atom stereocenters. The van der Waals surface area contributed by atoms with Gasteiger partial charge < -0.3 is 10.5 Å². The van der Waals surface area contributed by atoms with Crippen molar-refractivity contribution in [3.05, 3.63) is 29.3 Å². The van der Waals surface area contributed by atoms with Gasteiger partial charge in [0.25, 0.3) is 0 Å². The van der Waals surface area contributed by atoms with Crippen LogP contribution in [0, 0.1) is 0 Å². The van der Waals surface area contributed by atoms with E-state index in [4.69, 9.17) is 22.1 Å². The molecule has 0 aliphatic heterocycles. The van der Waals surface area contributed by atoms with Crippen LogP contribution in [0.25, 0.3) is 0 Å². The number of nitrogens with zero attached hydrogens (tertiary/aromatic N) is 2. The van der Waals surface area contributed by atoms with Gasteiger partial charge in [-0.1, -0.05) is 29.4 Å². The second-order valence-corrected chi connectivity index (χ2v) is 5.01. The largest absolute Gasteiger partial charge is 0.494 e. The molecule has 1 aromatic carbocycles. The molecule has 0 amide bonds. The van der Waals surface area contributed by atoms with E-state index in [9.17, 15) is 0 Å². The molecule has 96 valence electrons. The molecule has 7 heteroatoms. The summed E-state index contributed by atoms with van der Waals surface area (Å²) in [5, 5.41) is 7.86. The number of hydrogen-bond donors (Lipinski definition) is 2. The predicted octanol–water partition coefficient (Wildman–Crippen LogP) is 2.60. The van der Waals surface area contributed by atoms with Crippen LogP contribution in [0.3, 0.4) is 0 Å². The van der Waals surface area contributed by atoms with Gasteiger partial charge in [-0.25, -0.2) is 5.10 Å². The summed E-state index contributed by atoms with van der Waals surface area (Å²) >= 11 is 7.39. The fourth-order valence-electron chi connectivity index (χ4n) is 1.29. The number of anilines is 1. The van der Waals surface area contributed by atoms with E-state index in [0.717, 1.165) is 17.9 Å². The monoisotopic (exact) mass is 284 g/mol. The third-order valence-corrected chi connectivity index (χ3v) is 3.24. The van der Waals surface area contributed by atoms with Gasteiger partial charge in [-0.3, -0.25) is 0 Å². The second-order valence-electron chi connectivity index (χ2n) is 3.51. The van der Waals surface area contributed by atoms with Crippen LogP contribution in [0.2, 0.25) is 5.02 Å². The van der Waals surface area contributed by atoms with E-state index in [-0.39, 0.29) is 0 Å². The fourth-order valence-corrected chi connectivity index (χ4v) is 2.19. The molecule has 2 rings (SSSR count). The van der Waals surface area contributed by atoms with Crippen molar-refractivity contribution in [2.75, 3.05) is 18.1 Å². The number of ether oxygens (including phenoxy) is 1. The molecule has 0 unspecified atom stereocenters. The van der Waals surface area contributed by atoms with Gasteiger partial charge in [0.05, 0.1) is 6.61 Å². The summed E-state index contributed by atoms with van der Waals surface area (Å²) in [6.07, 6.45) is 0.894. The lowest BCUT2D eigenvalue weighted by Gasteiger charge is -2.05. The first-order valence-corrected chi connectivity index (χ1v) is 6.79. The molecular weight excluding hydrogens is 272 g/mol. The van der Waals surface area contributed by atoms with Crippen LogP contribution in [0.5, 0.6) is 5.75 Å². The molecule has 1 aromatic heterocycles. The average molecular weight is 285 g/mol. The van der Waals surface area contributed by atoms with Crippen LogP contribution in [0.4, 0.5) is 5.95 Å². The van der Waals surface area contributed by atoms with Crippen molar-refractivity contribution in [2.45, 2.75) is 11.6 Å². The topological polar surface area (TPSA) is 76.8 Å². The number of benzene rings is 1. The zero-order chi connectivity index (χ0) is 12.8. The maximum atomic E-state index is 5.85. The number of halogens is 1. The normalized spacial score (nSPS) is 10.5. The number of hydrogen-bond acceptors (Lipinski definition) is 5. The van der Waals surface area contributed by atoms with Gasteiger partial charge in [0.2, 0.25) is 11.1 Å². The van der Waals surface area contributed by atoms with Crippen molar-refractivity contribution >= 4 is 29.3 Å². The summed E-state index contributed by atoms with van der Waals surface area (Å²) in [4.78, 5) is 3.99. The van der Waals surface area contributed by atoms with Crippen molar-refractivity contribution in [2.24, 2.45) is 0 Å². The van der Waals surface area contributed by atoms with Gasteiger partial charge in [0.1, 0.15) is 5.75 Å². The van der Waals surface area contributed by atoms with Gasteiger partial charge in [-0.15, -0.1) is 5.10 Å². The summed E-state index contributed by atoms with van der Waals surface area (Å²) in [5.74, 6) is 2.00. The number of nitrogen functional groups attached to an aromatic ring is 1. The Kier molecular flexibility index (Phi) is 4.72. The van der Waals surface area contributed by atoms with Crippen molar-refractivity contribution in [3.8, 4) is 5.75 Å². The van der Waals surface area contributed by atoms with Gasteiger partial charge in [0.15, 0.2) is 0 Å². The maximum absolute atomic E-state index is 5.85. The van der Waals surface area contributed by atoms with E-state index in [0.29, 0.717) is 22.7 Å². The number of aromatic amines is 1. The highest BCUT2D eigenvalue weighted by atomic mass is 35.5. The third-order valence-electron chi connectivity index (χ3n) is 2.07. The van der Waals surface area contributed by atoms with Crippen molar-refractivity contribution in [1.29, 1.82) is 0 Å². The third kappa shape index (κ3) is 4.12. The van der Waals surface area contributed by atoms with Gasteiger partial charge in [-0.2, -0.15) is 4.98 Å². The Morgan fingerprint density at radius 1 is 1.44 bits per heavy atom. The van der Waals surface area contributed by atoms with E-state index in [2.05, 4.69) is 15.2 Å². The summed E-state index contributed by atoms with van der Waals surface area (Å²) in [6.45, 7) is 0.632. The van der Waals surface area contributed by atoms with Gasteiger partial charge in [0, 0.05) is 10.8 Å². The van der Waals surface area contributed by atoms with Crippen LogP contribution >= 0.6 is 23.4 Å². The summed E-state index contributed by atoms with van der Waals surface area (Å²) in [6, 6.07) is 7.36. The number of aromatic nitrogens is 3. The summed E-state index contributed by atoms with van der Waals surface area (Å²) < 4.78 is 5.56. The minimum atomic E-state index is 0.340. The Balaban J connectivity index is 1.64. The molecule has 0 fully saturated rings. The van der Waals surface area contributed by atoms with E-state index in [1.54, 1.807) is 17.8 Å². The SMILES string of the molecule is Nc1nc(SCCCOc2cccc(Cl)c2)n[nH]1. The van der Waals surface area contributed by atoms with Crippen LogP contribution in [0.15, 0.2) is 29.4 Å². The molecule has 0 aliphatic carbocycles. The zero-order valence-corrected chi connectivity index (χ0v) is 11.2. The first-order valence-electron chi connectivity index (χ1n) is 5.43. The van der Waals surface area contributed by atoms with Gasteiger partial charge in [-0.05, 0) is 24.6 Å². The van der Waals surface area contributed by atoms with Crippen molar-refractivity contribution in [1.82, 2.24) is 15.2 Å². The molecule has 0 saturated heterocycles. The molecular formula is C11H13ClN4OS. The summed E-state index contributed by atoms with van der Waals surface area (Å²) in [7, 11) is 0. The lowest BCUT2D eigenvalue weighted by atomic mass is 10.3. The smallest absolute Gasteiger partial charge is 0.216 e. The molecule has 0 spiro atoms. The number of thioether (sulfide) groups is 1. The Bertz CT molecular complexity index is 505. The quantitative estimate of drug-likeness (QED) is 0.630. The average Bonchev–Trinajstić information content (AvgIpc) is 2.75. The van der Waals surface area contributed by atoms with Crippen LogP contribution in [-0.4, -0.2) is 27.5 Å². The Morgan fingerprint density at radius 3 is 3.06 bits per heavy atom. The van der Waals surface area contributed by atoms with Crippen molar-refractivity contribution < 1.29 is 4.74 Å². The highest BCUT2D eigenvalue weighted by molar-refractivity contribution is 7.99. The van der Waals surface area contributed by atoms with E-state index < -0.39 is 0 Å². The molecule has 0 saturated carbocycles. The van der Waals surface area contributed by atoms with Crippen LogP contribution in [-0.2, 0) is 0 Å². The van der Waals surface area contributed by atoms with Crippen LogP contribution in [0.1, 0.15) is 6.42 Å². The Morgan fingerprint density at radius 2 is 2.33 bits per heavy atom. The highest BCUT2D eigenvalue weighted by Crippen LogP contribution is 2.18. The summed E-state index contributed by atoms with van der Waals surface area (Å²) in [5.41, 5.74) is 5.42. The minimum absolute atomic E-state index is 0.340. The predicted molar refractivity (Wildman–Crippen MR) is 73.1 cm³/mol. The molecule has 18 heavy (non-hydrogen) atoms. The standard InChI is InChI=1S/C11H13ClN4OS/c12-8-3-1-4-9(7-8)17-5-2-6-18-11-14-10(13)15-16-11/h1,3-4,7H,2,5-6H2,(H3,13,14,15,16). The first-order chi connectivity index (χ1) is 8.74. The lowest BCUT2D eigenvalue weighted by molar-refractivity contribution is 0.318. The first kappa shape index (κ1) is 13.0. The number of nitrogens with one attached hydrogen (secondary N) is 1. The van der Waals surface area contributed by atoms with E-state index >= 15 is 0 Å². The fraction of sp³-hybridized carbons (Fsp3) is 0.273. The molecule has 2 aromatic rings. The van der Waals surface area contributed by atoms with Crippen LogP contribution < -0.4 is 10.5 Å². The zero-order valence-electron chi connectivity index (χ0n) is 9.60. The van der Waals surface area contributed by atoms with E-state index in [1.807, 2.05) is 18.2 Å². The molecule has 1 heterocycles. The molecule has 5 nitrogen and oxygen atoms in total. The second kappa shape index (κ2) is 6.51. The minimum Gasteiger partial charge on any atom is -0.494 e. The van der Waals surface area contributed by atoms with E-state index in [1.165, 1.54) is 0 Å². The molecule has 0 radical (unpaired) electrons. The van der Waals surface area contributed by atoms with Gasteiger partial charge >= 0.3 is 0 Å². The molecule has 0 bridgehead atoms. The lowest BCUT2D eigenvalue weighted by Crippen LogP contribution is -1.98. The number of nitrogens with two attached hydrogens (primary N) is 1. The number of H-pyrrole nitrogens is 1. The van der Waals surface area contributed by atoms with Crippen molar-refractivity contribution in [3.63, 3.8) is 0 Å². The molecule has 0 aliphatic rings. The Labute approximate surface area is 114 Å². The Hall–Kier alpha value is -1.40. The maximum Gasteiger partial charge on any atom is 0.216 e. The molecule has 3 N–H and O–H groups in total. The highest BCUT2D eigenvalue weighted by Gasteiger charge is 2.00. The number of rotatable bonds is 6.